The predicted octanol–water partition coefficient (Wildman–Crippen LogP) is 5.74. The van der Waals surface area contributed by atoms with Gasteiger partial charge in [0.15, 0.2) is 31.2 Å². The summed E-state index contributed by atoms with van der Waals surface area (Å²) < 4.78 is 39.7. The second-order valence-corrected chi connectivity index (χ2v) is 13.2. The molecular formula is C26H20FN6O2S3+. The van der Waals surface area contributed by atoms with Crippen molar-refractivity contribution < 1.29 is 17.4 Å². The van der Waals surface area contributed by atoms with Crippen molar-refractivity contribution in [2.24, 2.45) is 9.98 Å². The molecule has 38 heavy (non-hydrogen) atoms. The number of pyridine rings is 1. The summed E-state index contributed by atoms with van der Waals surface area (Å²) in [6.07, 6.45) is 9.46. The van der Waals surface area contributed by atoms with Gasteiger partial charge in [0.25, 0.3) is 0 Å². The molecule has 1 unspecified atom stereocenters. The number of hydrogen-bond acceptors (Lipinski definition) is 9. The second kappa shape index (κ2) is 9.55. The molecule has 4 heterocycles. The van der Waals surface area contributed by atoms with Gasteiger partial charge in [-0.25, -0.2) is 28.2 Å². The maximum atomic E-state index is 15.8. The molecule has 1 N–H and O–H groups in total. The van der Waals surface area contributed by atoms with Crippen molar-refractivity contribution in [2.45, 2.75) is 10.1 Å². The van der Waals surface area contributed by atoms with Gasteiger partial charge in [0, 0.05) is 28.3 Å². The van der Waals surface area contributed by atoms with Crippen molar-refractivity contribution in [3.8, 4) is 11.3 Å². The molecule has 0 bridgehead atoms. The smallest absolute Gasteiger partial charge is 0.226 e. The molecule has 1 atom stereocenters. The lowest BCUT2D eigenvalue weighted by Crippen LogP contribution is -2.45. The molecule has 190 valence electrons. The van der Waals surface area contributed by atoms with Gasteiger partial charge in [-0.2, -0.15) is 4.99 Å². The zero-order valence-corrected chi connectivity index (χ0v) is 22.4. The fraction of sp³-hybridized carbons (Fsp3) is 0.0769. The number of anilines is 1. The highest BCUT2D eigenvalue weighted by molar-refractivity contribution is 8.04. The molecular weight excluding hydrogens is 544 g/mol. The van der Waals surface area contributed by atoms with Crippen LogP contribution in [0, 0.1) is 5.82 Å². The summed E-state index contributed by atoms with van der Waals surface area (Å²) in [6.45, 7) is 0. The third-order valence-corrected chi connectivity index (χ3v) is 8.95. The monoisotopic (exact) mass is 563 g/mol. The average Bonchev–Trinajstić information content (AvgIpc) is 3.49. The van der Waals surface area contributed by atoms with Gasteiger partial charge in [-0.15, -0.1) is 15.9 Å². The second-order valence-electron chi connectivity index (χ2n) is 8.73. The van der Waals surface area contributed by atoms with Gasteiger partial charge >= 0.3 is 0 Å². The minimum atomic E-state index is -3.16. The number of thiazole rings is 1. The zero-order chi connectivity index (χ0) is 26.3. The van der Waals surface area contributed by atoms with Crippen LogP contribution in [-0.4, -0.2) is 41.8 Å². The Morgan fingerprint density at radius 1 is 1.11 bits per heavy atom. The SMILES string of the molecule is CS(=O)(=O)Cc1cnc(SC2=C3C=NC=C[N+]3(Nc3ccc4ccc(-c5ccccc5)nc4c3F)C=N2)s1. The maximum absolute atomic E-state index is 15.8. The third-order valence-electron chi connectivity index (χ3n) is 5.86. The quantitative estimate of drug-likeness (QED) is 0.288. The number of aromatic nitrogens is 2. The van der Waals surface area contributed by atoms with Crippen LogP contribution in [0.1, 0.15) is 4.88 Å². The molecule has 2 aromatic carbocycles. The van der Waals surface area contributed by atoms with E-state index < -0.39 is 15.7 Å². The van der Waals surface area contributed by atoms with Crippen LogP contribution < -0.4 is 5.43 Å². The van der Waals surface area contributed by atoms with E-state index in [0.29, 0.717) is 31.0 Å². The number of quaternary nitrogens is 1. The first-order valence-corrected chi connectivity index (χ1v) is 15.1. The number of sulfone groups is 1. The van der Waals surface area contributed by atoms with Crippen LogP contribution in [0.3, 0.4) is 0 Å². The largest absolute Gasteiger partial charge is 0.253 e. The van der Waals surface area contributed by atoms with E-state index in [1.807, 2.05) is 48.5 Å². The number of benzene rings is 2. The molecule has 0 radical (unpaired) electrons. The summed E-state index contributed by atoms with van der Waals surface area (Å²) in [7, 11) is -3.16. The van der Waals surface area contributed by atoms with Crippen molar-refractivity contribution in [3.63, 3.8) is 0 Å². The predicted molar refractivity (Wildman–Crippen MR) is 151 cm³/mol. The summed E-state index contributed by atoms with van der Waals surface area (Å²) in [6, 6.07) is 16.9. The lowest BCUT2D eigenvalue weighted by atomic mass is 10.1. The molecule has 4 aromatic rings. The van der Waals surface area contributed by atoms with Gasteiger partial charge in [0.1, 0.15) is 11.2 Å². The molecule has 2 aliphatic heterocycles. The van der Waals surface area contributed by atoms with Gasteiger partial charge in [0.2, 0.25) is 12.0 Å². The number of halogens is 1. The number of nitrogens with zero attached hydrogens (tertiary/aromatic N) is 5. The molecule has 0 saturated heterocycles. The summed E-state index contributed by atoms with van der Waals surface area (Å²) in [5.74, 6) is -0.532. The van der Waals surface area contributed by atoms with Crippen molar-refractivity contribution in [1.29, 1.82) is 0 Å². The minimum absolute atomic E-state index is 0.0621. The van der Waals surface area contributed by atoms with E-state index in [1.165, 1.54) is 29.4 Å². The first-order chi connectivity index (χ1) is 18.3. The number of thioether (sulfide) groups is 1. The summed E-state index contributed by atoms with van der Waals surface area (Å²) in [4.78, 5) is 18.4. The molecule has 0 spiro atoms. The topological polar surface area (TPSA) is 96.7 Å². The van der Waals surface area contributed by atoms with Gasteiger partial charge in [-0.1, -0.05) is 42.5 Å². The average molecular weight is 564 g/mol. The van der Waals surface area contributed by atoms with Crippen LogP contribution in [0.2, 0.25) is 0 Å². The Hall–Kier alpha value is -3.71. The normalized spacial score (nSPS) is 18.4. The maximum Gasteiger partial charge on any atom is 0.226 e. The Morgan fingerprint density at radius 3 is 2.74 bits per heavy atom. The van der Waals surface area contributed by atoms with Crippen molar-refractivity contribution in [2.75, 3.05) is 11.7 Å². The Kier molecular flexibility index (Phi) is 6.19. The molecule has 2 aliphatic rings. The van der Waals surface area contributed by atoms with Crippen LogP contribution in [0.5, 0.6) is 0 Å². The van der Waals surface area contributed by atoms with Gasteiger partial charge in [0.05, 0.1) is 23.9 Å². The number of rotatable bonds is 7. The number of hydrogen-bond donors (Lipinski definition) is 1. The summed E-state index contributed by atoms with van der Waals surface area (Å²) in [5, 5.41) is 1.32. The molecule has 12 heteroatoms. The molecule has 6 rings (SSSR count). The fourth-order valence-corrected chi connectivity index (χ4v) is 7.42. The van der Waals surface area contributed by atoms with E-state index in [0.717, 1.165) is 5.56 Å². The van der Waals surface area contributed by atoms with E-state index in [4.69, 9.17) is 0 Å². The van der Waals surface area contributed by atoms with Crippen LogP contribution >= 0.6 is 23.1 Å². The Labute approximate surface area is 226 Å². The lowest BCUT2D eigenvalue weighted by molar-refractivity contribution is -0.705. The molecule has 0 amide bonds. The van der Waals surface area contributed by atoms with E-state index in [2.05, 4.69) is 25.4 Å². The highest BCUT2D eigenvalue weighted by Crippen LogP contribution is 2.40. The summed E-state index contributed by atoms with van der Waals surface area (Å²) >= 11 is 2.61. The Morgan fingerprint density at radius 2 is 1.92 bits per heavy atom. The molecule has 2 aromatic heterocycles. The highest BCUT2D eigenvalue weighted by atomic mass is 32.2. The molecule has 8 nitrogen and oxygen atoms in total. The lowest BCUT2D eigenvalue weighted by Gasteiger charge is -2.28. The summed E-state index contributed by atoms with van der Waals surface area (Å²) in [5.41, 5.74) is 6.06. The Balaban J connectivity index is 1.32. The van der Waals surface area contributed by atoms with E-state index in [1.54, 1.807) is 37.2 Å². The van der Waals surface area contributed by atoms with Gasteiger partial charge < -0.3 is 0 Å². The van der Waals surface area contributed by atoms with E-state index >= 15 is 4.39 Å². The highest BCUT2D eigenvalue weighted by Gasteiger charge is 2.40. The van der Waals surface area contributed by atoms with E-state index in [9.17, 15) is 8.42 Å². The first-order valence-electron chi connectivity index (χ1n) is 11.4. The standard InChI is InChI=1S/C26H20FN6O2S3/c1-38(34,35)15-19-13-29-26(36-19)37-25-22-14-28-11-12-33(22,16-30-25)32-21-10-8-18-7-9-20(31-24(18)23(21)27)17-5-3-2-4-6-17/h2-14,16,32H,15H2,1H3/q+1. The van der Waals surface area contributed by atoms with Crippen LogP contribution in [0.4, 0.5) is 10.1 Å². The van der Waals surface area contributed by atoms with Gasteiger partial charge in [-0.05, 0) is 23.9 Å². The fourth-order valence-electron chi connectivity index (χ4n) is 4.12. The van der Waals surface area contributed by atoms with Crippen LogP contribution in [0.15, 0.2) is 98.2 Å². The molecule has 0 saturated carbocycles. The number of aliphatic imine (C=N–C) groups is 2. The van der Waals surface area contributed by atoms with Crippen molar-refractivity contribution in [1.82, 2.24) is 9.97 Å². The van der Waals surface area contributed by atoms with Crippen LogP contribution in [0.25, 0.3) is 22.2 Å². The number of allylic oxidation sites excluding steroid dienone is 1. The number of fused-ring (bicyclic) bond motifs is 2. The van der Waals surface area contributed by atoms with Crippen molar-refractivity contribution in [3.05, 3.63) is 94.6 Å². The third kappa shape index (κ3) is 4.78. The zero-order valence-electron chi connectivity index (χ0n) is 19.9. The van der Waals surface area contributed by atoms with E-state index in [-0.39, 0.29) is 21.5 Å². The van der Waals surface area contributed by atoms with Gasteiger partial charge in [-0.3, -0.25) is 4.99 Å². The minimum Gasteiger partial charge on any atom is -0.253 e. The number of nitrogens with one attached hydrogen (secondary N) is 1. The van der Waals surface area contributed by atoms with Crippen molar-refractivity contribution >= 4 is 62.1 Å². The molecule has 0 fully saturated rings. The Bertz CT molecular complexity index is 1800. The van der Waals surface area contributed by atoms with Crippen LogP contribution in [-0.2, 0) is 15.6 Å². The first kappa shape index (κ1) is 24.6. The molecule has 0 aliphatic carbocycles.